The average molecular weight is 344 g/mol. The van der Waals surface area contributed by atoms with Crippen molar-refractivity contribution in [1.29, 1.82) is 0 Å². The highest BCUT2D eigenvalue weighted by molar-refractivity contribution is 5.83. The number of hydrogen-bond donors (Lipinski definition) is 4. The van der Waals surface area contributed by atoms with Crippen molar-refractivity contribution < 1.29 is 9.84 Å². The number of nitrogens with zero attached hydrogens (tertiary/aromatic N) is 3. The Hall–Kier alpha value is -2.24. The number of anilines is 4. The van der Waals surface area contributed by atoms with Crippen LogP contribution in [0.1, 0.15) is 32.1 Å². The van der Waals surface area contributed by atoms with Gasteiger partial charge in [0.2, 0.25) is 5.95 Å². The number of fused-ring (bicyclic) bond motifs is 1. The van der Waals surface area contributed by atoms with Gasteiger partial charge in [-0.1, -0.05) is 18.8 Å². The largest absolute Gasteiger partial charge is 0.394 e. The summed E-state index contributed by atoms with van der Waals surface area (Å²) in [7, 11) is 0. The van der Waals surface area contributed by atoms with Gasteiger partial charge < -0.3 is 31.1 Å². The molecule has 0 radical (unpaired) electrons. The summed E-state index contributed by atoms with van der Waals surface area (Å²) in [5.74, 6) is 4.34. The summed E-state index contributed by atoms with van der Waals surface area (Å²) in [6.07, 6.45) is 10.5. The van der Waals surface area contributed by atoms with E-state index < -0.39 is 0 Å². The molecule has 3 aliphatic rings. The summed E-state index contributed by atoms with van der Waals surface area (Å²) in [4.78, 5) is 10.8. The maximum atomic E-state index is 9.40. The molecule has 1 saturated carbocycles. The van der Waals surface area contributed by atoms with E-state index >= 15 is 0 Å². The number of aromatic nitrogens is 2. The van der Waals surface area contributed by atoms with Crippen LogP contribution in [-0.4, -0.2) is 46.7 Å². The summed E-state index contributed by atoms with van der Waals surface area (Å²) in [5.41, 5.74) is 6.79. The lowest BCUT2D eigenvalue weighted by Gasteiger charge is -2.27. The standard InChI is InChI=1S/C17H24N6O2/c1-2-10-7-12(8-24)25-16(10)23-9-19-13-14(20-11-5-3-4-6-11)21-17(18)22-15(13)23/h1,10-12,16,19,24H,3-9H2,(H3,18,20,21,22)/t10-,12-,16+/m0/s1. The zero-order valence-corrected chi connectivity index (χ0v) is 14.1. The molecule has 1 aromatic rings. The van der Waals surface area contributed by atoms with Crippen LogP contribution < -0.4 is 21.3 Å². The van der Waals surface area contributed by atoms with E-state index in [1.165, 1.54) is 12.8 Å². The van der Waals surface area contributed by atoms with Crippen LogP contribution in [0.25, 0.3) is 0 Å². The first kappa shape index (κ1) is 16.2. The SMILES string of the molecule is C#C[C@H]1C[C@@H](CO)O[C@H]1N1CNc2c(NC3CCCC3)nc(N)nc21. The minimum absolute atomic E-state index is 0.0385. The number of ether oxygens (including phenoxy) is 1. The Kier molecular flexibility index (Phi) is 4.27. The summed E-state index contributed by atoms with van der Waals surface area (Å²) in [6, 6.07) is 0.425. The first-order chi connectivity index (χ1) is 12.2. The molecule has 8 heteroatoms. The number of hydrogen-bond acceptors (Lipinski definition) is 8. The van der Waals surface area contributed by atoms with Gasteiger partial charge in [-0.15, -0.1) is 6.42 Å². The molecule has 1 aliphatic carbocycles. The Morgan fingerprint density at radius 1 is 1.40 bits per heavy atom. The Bertz CT molecular complexity index is 684. The van der Waals surface area contributed by atoms with Crippen LogP contribution in [0.15, 0.2) is 0 Å². The van der Waals surface area contributed by atoms with Gasteiger partial charge in [0.25, 0.3) is 0 Å². The topological polar surface area (TPSA) is 109 Å². The molecule has 0 unspecified atom stereocenters. The van der Waals surface area contributed by atoms with E-state index in [0.29, 0.717) is 24.9 Å². The van der Waals surface area contributed by atoms with Crippen molar-refractivity contribution in [3.8, 4) is 12.3 Å². The van der Waals surface area contributed by atoms with Crippen LogP contribution in [0.3, 0.4) is 0 Å². The first-order valence-electron chi connectivity index (χ1n) is 8.86. The van der Waals surface area contributed by atoms with E-state index in [4.69, 9.17) is 16.9 Å². The molecule has 0 aromatic carbocycles. The number of nitrogens with one attached hydrogen (secondary N) is 2. The van der Waals surface area contributed by atoms with Crippen molar-refractivity contribution in [3.05, 3.63) is 0 Å². The van der Waals surface area contributed by atoms with Crippen LogP contribution in [0.2, 0.25) is 0 Å². The highest BCUT2D eigenvalue weighted by Gasteiger charge is 2.41. The fraction of sp³-hybridized carbons (Fsp3) is 0.647. The van der Waals surface area contributed by atoms with Crippen molar-refractivity contribution in [1.82, 2.24) is 9.97 Å². The molecule has 0 bridgehead atoms. The molecule has 8 nitrogen and oxygen atoms in total. The van der Waals surface area contributed by atoms with Crippen LogP contribution in [0.5, 0.6) is 0 Å². The average Bonchev–Trinajstić information content (AvgIpc) is 3.32. The fourth-order valence-corrected chi connectivity index (χ4v) is 3.96. The van der Waals surface area contributed by atoms with Crippen molar-refractivity contribution in [2.45, 2.75) is 50.5 Å². The molecule has 3 atom stereocenters. The minimum atomic E-state index is -0.329. The van der Waals surface area contributed by atoms with Crippen LogP contribution in [0, 0.1) is 18.3 Å². The fourth-order valence-electron chi connectivity index (χ4n) is 3.96. The lowest BCUT2D eigenvalue weighted by Crippen LogP contribution is -2.39. The number of rotatable bonds is 4. The summed E-state index contributed by atoms with van der Waals surface area (Å²) in [6.45, 7) is 0.483. The van der Waals surface area contributed by atoms with Crippen LogP contribution >= 0.6 is 0 Å². The highest BCUT2D eigenvalue weighted by Crippen LogP contribution is 2.41. The van der Waals surface area contributed by atoms with Crippen molar-refractivity contribution in [2.75, 3.05) is 34.5 Å². The number of terminal acetylenes is 1. The summed E-state index contributed by atoms with van der Waals surface area (Å²) in [5, 5.41) is 16.2. The molecule has 1 aromatic heterocycles. The molecule has 3 heterocycles. The second kappa shape index (κ2) is 6.58. The third-order valence-corrected chi connectivity index (χ3v) is 5.22. The lowest BCUT2D eigenvalue weighted by molar-refractivity contribution is 0.00793. The van der Waals surface area contributed by atoms with Gasteiger partial charge in [0, 0.05) is 6.04 Å². The van der Waals surface area contributed by atoms with Crippen molar-refractivity contribution >= 4 is 23.3 Å². The molecular weight excluding hydrogens is 320 g/mol. The van der Waals surface area contributed by atoms with Crippen molar-refractivity contribution in [2.24, 2.45) is 5.92 Å². The molecule has 1 saturated heterocycles. The van der Waals surface area contributed by atoms with E-state index in [-0.39, 0.29) is 30.8 Å². The predicted octanol–water partition coefficient (Wildman–Crippen LogP) is 0.959. The molecular formula is C17H24N6O2. The molecule has 5 N–H and O–H groups in total. The van der Waals surface area contributed by atoms with Gasteiger partial charge in [0.15, 0.2) is 11.6 Å². The Morgan fingerprint density at radius 2 is 2.20 bits per heavy atom. The molecule has 0 spiro atoms. The maximum Gasteiger partial charge on any atom is 0.224 e. The van der Waals surface area contributed by atoms with Crippen molar-refractivity contribution in [3.63, 3.8) is 0 Å². The molecule has 25 heavy (non-hydrogen) atoms. The molecule has 2 fully saturated rings. The van der Waals surface area contributed by atoms with E-state index in [9.17, 15) is 5.11 Å². The van der Waals surface area contributed by atoms with Crippen LogP contribution in [-0.2, 0) is 4.74 Å². The minimum Gasteiger partial charge on any atom is -0.394 e. The third-order valence-electron chi connectivity index (χ3n) is 5.22. The maximum absolute atomic E-state index is 9.40. The highest BCUT2D eigenvalue weighted by atomic mass is 16.5. The van der Waals surface area contributed by atoms with Gasteiger partial charge >= 0.3 is 0 Å². The first-order valence-corrected chi connectivity index (χ1v) is 8.86. The van der Waals surface area contributed by atoms with Gasteiger partial charge in [-0.05, 0) is 19.3 Å². The predicted molar refractivity (Wildman–Crippen MR) is 96.0 cm³/mol. The van der Waals surface area contributed by atoms with E-state index in [1.807, 2.05) is 4.90 Å². The van der Waals surface area contributed by atoms with Gasteiger partial charge in [-0.3, -0.25) is 0 Å². The van der Waals surface area contributed by atoms with Gasteiger partial charge in [-0.25, -0.2) is 0 Å². The summed E-state index contributed by atoms with van der Waals surface area (Å²) >= 11 is 0. The zero-order valence-electron chi connectivity index (χ0n) is 14.1. The Balaban J connectivity index is 1.61. The van der Waals surface area contributed by atoms with Crippen LogP contribution in [0.4, 0.5) is 23.3 Å². The monoisotopic (exact) mass is 344 g/mol. The summed E-state index contributed by atoms with van der Waals surface area (Å²) < 4.78 is 5.94. The second-order valence-corrected chi connectivity index (χ2v) is 6.90. The smallest absolute Gasteiger partial charge is 0.224 e. The zero-order chi connectivity index (χ0) is 17.4. The number of nitrogens with two attached hydrogens (primary N) is 1. The normalized spacial score (nSPS) is 28.6. The van der Waals surface area contributed by atoms with Gasteiger partial charge in [0.05, 0.1) is 25.3 Å². The third kappa shape index (κ3) is 2.94. The molecule has 0 amide bonds. The molecule has 4 rings (SSSR count). The van der Waals surface area contributed by atoms with E-state index in [0.717, 1.165) is 24.3 Å². The van der Waals surface area contributed by atoms with Gasteiger partial charge in [0.1, 0.15) is 11.9 Å². The number of nitrogen functional groups attached to an aromatic ring is 1. The van der Waals surface area contributed by atoms with Gasteiger partial charge in [-0.2, -0.15) is 9.97 Å². The lowest BCUT2D eigenvalue weighted by atomic mass is 10.0. The Morgan fingerprint density at radius 3 is 2.92 bits per heavy atom. The van der Waals surface area contributed by atoms with E-state index in [1.54, 1.807) is 0 Å². The number of aliphatic hydroxyl groups is 1. The molecule has 134 valence electrons. The number of aliphatic hydroxyl groups excluding tert-OH is 1. The second-order valence-electron chi connectivity index (χ2n) is 6.90. The Labute approximate surface area is 147 Å². The molecule has 2 aliphatic heterocycles. The quantitative estimate of drug-likeness (QED) is 0.598. The van der Waals surface area contributed by atoms with E-state index in [2.05, 4.69) is 26.5 Å².